The van der Waals surface area contributed by atoms with E-state index in [-0.39, 0.29) is 24.4 Å². The van der Waals surface area contributed by atoms with Crippen molar-refractivity contribution in [2.45, 2.75) is 38.6 Å². The first-order valence-electron chi connectivity index (χ1n) is 7.38. The highest BCUT2D eigenvalue weighted by Gasteiger charge is 2.20. The Kier molecular flexibility index (Phi) is 6.02. The second-order valence-corrected chi connectivity index (χ2v) is 6.85. The summed E-state index contributed by atoms with van der Waals surface area (Å²) in [7, 11) is 0. The van der Waals surface area contributed by atoms with Gasteiger partial charge in [0.15, 0.2) is 0 Å². The lowest BCUT2D eigenvalue weighted by Gasteiger charge is -2.26. The number of rotatable bonds is 4. The third-order valence-electron chi connectivity index (χ3n) is 3.91. The van der Waals surface area contributed by atoms with Gasteiger partial charge in [0.2, 0.25) is 5.91 Å². The normalized spacial score (nSPS) is 21.6. The van der Waals surface area contributed by atoms with Crippen LogP contribution in [0.2, 0.25) is 0 Å². The van der Waals surface area contributed by atoms with Crippen LogP contribution < -0.4 is 10.6 Å². The maximum Gasteiger partial charge on any atom is 0.252 e. The average molecular weight is 400 g/mol. The lowest BCUT2D eigenvalue weighted by molar-refractivity contribution is -0.121. The van der Waals surface area contributed by atoms with E-state index in [1.807, 2.05) is 18.2 Å². The maximum atomic E-state index is 12.0. The van der Waals surface area contributed by atoms with Crippen molar-refractivity contribution < 1.29 is 9.59 Å². The fraction of sp³-hybridized carbons (Fsp3) is 0.500. The summed E-state index contributed by atoms with van der Waals surface area (Å²) in [5.41, 5.74) is 0.609. The Morgan fingerprint density at radius 1 is 1.19 bits per heavy atom. The minimum atomic E-state index is -0.201. The van der Waals surface area contributed by atoms with Gasteiger partial charge in [0.05, 0.1) is 12.1 Å². The van der Waals surface area contributed by atoms with E-state index in [4.69, 9.17) is 0 Å². The molecule has 4 nitrogen and oxygen atoms in total. The number of carbonyl (C=O) groups excluding carboxylic acids is 2. The van der Waals surface area contributed by atoms with Crippen molar-refractivity contribution in [1.29, 1.82) is 0 Å². The van der Waals surface area contributed by atoms with Gasteiger partial charge in [-0.25, -0.2) is 0 Å². The zero-order valence-electron chi connectivity index (χ0n) is 12.2. The largest absolute Gasteiger partial charge is 0.352 e. The highest BCUT2D eigenvalue weighted by Crippen LogP contribution is 2.23. The maximum absolute atomic E-state index is 12.0. The summed E-state index contributed by atoms with van der Waals surface area (Å²) in [5, 5.41) is 5.69. The SMILES string of the molecule is CC1CCC(NC(=O)CNC(=O)c2ccccc2I)CC1. The van der Waals surface area contributed by atoms with E-state index in [2.05, 4.69) is 40.1 Å². The number of hydrogen-bond donors (Lipinski definition) is 2. The molecule has 1 aromatic rings. The molecule has 0 spiro atoms. The summed E-state index contributed by atoms with van der Waals surface area (Å²) in [6.45, 7) is 2.29. The van der Waals surface area contributed by atoms with Crippen LogP contribution in [-0.4, -0.2) is 24.4 Å². The zero-order valence-corrected chi connectivity index (χ0v) is 14.4. The van der Waals surface area contributed by atoms with Gasteiger partial charge in [-0.1, -0.05) is 19.1 Å². The Labute approximate surface area is 139 Å². The van der Waals surface area contributed by atoms with Crippen molar-refractivity contribution in [3.8, 4) is 0 Å². The smallest absolute Gasteiger partial charge is 0.252 e. The second kappa shape index (κ2) is 7.77. The van der Waals surface area contributed by atoms with Gasteiger partial charge in [-0.05, 0) is 66.3 Å². The van der Waals surface area contributed by atoms with Crippen molar-refractivity contribution >= 4 is 34.4 Å². The van der Waals surface area contributed by atoms with Crippen LogP contribution in [0, 0.1) is 9.49 Å². The molecule has 0 radical (unpaired) electrons. The van der Waals surface area contributed by atoms with Gasteiger partial charge in [0, 0.05) is 9.61 Å². The Morgan fingerprint density at radius 2 is 1.86 bits per heavy atom. The Bertz CT molecular complexity index is 511. The highest BCUT2D eigenvalue weighted by molar-refractivity contribution is 14.1. The lowest BCUT2D eigenvalue weighted by atomic mass is 9.87. The summed E-state index contributed by atoms with van der Waals surface area (Å²) in [6, 6.07) is 7.61. The first kappa shape index (κ1) is 16.3. The van der Waals surface area contributed by atoms with Crippen LogP contribution in [0.3, 0.4) is 0 Å². The van der Waals surface area contributed by atoms with Crippen LogP contribution in [0.15, 0.2) is 24.3 Å². The molecule has 0 aliphatic heterocycles. The van der Waals surface area contributed by atoms with Gasteiger partial charge < -0.3 is 10.6 Å². The first-order valence-corrected chi connectivity index (χ1v) is 8.46. The molecular weight excluding hydrogens is 379 g/mol. The fourth-order valence-electron chi connectivity index (χ4n) is 2.58. The van der Waals surface area contributed by atoms with Crippen LogP contribution in [0.4, 0.5) is 0 Å². The van der Waals surface area contributed by atoms with E-state index in [1.165, 1.54) is 12.8 Å². The van der Waals surface area contributed by atoms with Crippen LogP contribution in [0.1, 0.15) is 43.0 Å². The molecule has 1 aromatic carbocycles. The third kappa shape index (κ3) is 4.98. The van der Waals surface area contributed by atoms with Gasteiger partial charge >= 0.3 is 0 Å². The molecule has 1 fully saturated rings. The van der Waals surface area contributed by atoms with Gasteiger partial charge in [0.1, 0.15) is 0 Å². The van der Waals surface area contributed by atoms with Crippen molar-refractivity contribution in [1.82, 2.24) is 10.6 Å². The van der Waals surface area contributed by atoms with Gasteiger partial charge in [-0.15, -0.1) is 0 Å². The van der Waals surface area contributed by atoms with E-state index >= 15 is 0 Å². The number of hydrogen-bond acceptors (Lipinski definition) is 2. The monoisotopic (exact) mass is 400 g/mol. The molecule has 1 saturated carbocycles. The molecule has 0 atom stereocenters. The Morgan fingerprint density at radius 3 is 2.52 bits per heavy atom. The lowest BCUT2D eigenvalue weighted by Crippen LogP contribution is -2.43. The van der Waals surface area contributed by atoms with Gasteiger partial charge in [-0.2, -0.15) is 0 Å². The molecule has 2 amide bonds. The summed E-state index contributed by atoms with van der Waals surface area (Å²) in [5.74, 6) is 0.458. The van der Waals surface area contributed by atoms with E-state index in [0.717, 1.165) is 22.3 Å². The minimum absolute atomic E-state index is 0.0376. The molecule has 0 heterocycles. The van der Waals surface area contributed by atoms with Crippen molar-refractivity contribution in [2.75, 3.05) is 6.54 Å². The molecule has 0 saturated heterocycles. The predicted octanol–water partition coefficient (Wildman–Crippen LogP) is 2.72. The van der Waals surface area contributed by atoms with E-state index < -0.39 is 0 Å². The molecule has 2 N–H and O–H groups in total. The van der Waals surface area contributed by atoms with E-state index in [1.54, 1.807) is 6.07 Å². The topological polar surface area (TPSA) is 58.2 Å². The number of carbonyl (C=O) groups is 2. The van der Waals surface area contributed by atoms with Gasteiger partial charge in [0.25, 0.3) is 5.91 Å². The zero-order chi connectivity index (χ0) is 15.2. The van der Waals surface area contributed by atoms with Crippen LogP contribution >= 0.6 is 22.6 Å². The summed E-state index contributed by atoms with van der Waals surface area (Å²) in [6.07, 6.45) is 4.41. The summed E-state index contributed by atoms with van der Waals surface area (Å²) >= 11 is 2.12. The van der Waals surface area contributed by atoms with E-state index in [0.29, 0.717) is 5.56 Å². The number of amides is 2. The minimum Gasteiger partial charge on any atom is -0.352 e. The molecular formula is C16H21IN2O2. The predicted molar refractivity (Wildman–Crippen MR) is 91.1 cm³/mol. The number of benzene rings is 1. The molecule has 21 heavy (non-hydrogen) atoms. The quantitative estimate of drug-likeness (QED) is 0.764. The standard InChI is InChI=1S/C16H21IN2O2/c1-11-6-8-12(9-7-11)19-15(20)10-18-16(21)13-4-2-3-5-14(13)17/h2-5,11-12H,6-10H2,1H3,(H,18,21)(H,19,20). The highest BCUT2D eigenvalue weighted by atomic mass is 127. The fourth-order valence-corrected chi connectivity index (χ4v) is 3.22. The molecule has 1 aliphatic rings. The van der Waals surface area contributed by atoms with Crippen LogP contribution in [-0.2, 0) is 4.79 Å². The Hall–Kier alpha value is -1.11. The van der Waals surface area contributed by atoms with Crippen molar-refractivity contribution in [3.63, 3.8) is 0 Å². The molecule has 0 unspecified atom stereocenters. The van der Waals surface area contributed by atoms with Crippen molar-refractivity contribution in [3.05, 3.63) is 33.4 Å². The molecule has 0 aromatic heterocycles. The third-order valence-corrected chi connectivity index (χ3v) is 4.85. The van der Waals surface area contributed by atoms with Gasteiger partial charge in [-0.3, -0.25) is 9.59 Å². The molecule has 0 bridgehead atoms. The first-order chi connectivity index (χ1) is 10.1. The molecule has 5 heteroatoms. The summed E-state index contributed by atoms with van der Waals surface area (Å²) in [4.78, 5) is 23.9. The van der Waals surface area contributed by atoms with E-state index in [9.17, 15) is 9.59 Å². The molecule has 114 valence electrons. The molecule has 1 aliphatic carbocycles. The number of halogens is 1. The average Bonchev–Trinajstić information content (AvgIpc) is 2.48. The molecule has 2 rings (SSSR count). The number of nitrogens with one attached hydrogen (secondary N) is 2. The van der Waals surface area contributed by atoms with Crippen LogP contribution in [0.5, 0.6) is 0 Å². The Balaban J connectivity index is 1.76. The van der Waals surface area contributed by atoms with Crippen molar-refractivity contribution in [2.24, 2.45) is 5.92 Å². The summed E-state index contributed by atoms with van der Waals surface area (Å²) < 4.78 is 0.884. The second-order valence-electron chi connectivity index (χ2n) is 5.69. The van der Waals surface area contributed by atoms with Crippen LogP contribution in [0.25, 0.3) is 0 Å².